The van der Waals surface area contributed by atoms with Crippen molar-refractivity contribution in [2.75, 3.05) is 174 Å². The van der Waals surface area contributed by atoms with Crippen LogP contribution in [0.15, 0.2) is 18.2 Å². The average Bonchev–Trinajstić information content (AvgIpc) is 4.24. The zero-order chi connectivity index (χ0) is 59.7. The number of ether oxygens (including phenoxy) is 12. The van der Waals surface area contributed by atoms with Crippen LogP contribution in [0.25, 0.3) is 0 Å². The molecule has 3 aliphatic rings. The van der Waals surface area contributed by atoms with Gasteiger partial charge in [-0.1, -0.05) is 6.07 Å². The second-order valence-corrected chi connectivity index (χ2v) is 16.1. The molecule has 76 heavy (non-hydrogen) atoms. The summed E-state index contributed by atoms with van der Waals surface area (Å²) in [4.78, 5) is 0. The van der Waals surface area contributed by atoms with E-state index in [4.69, 9.17) is 130 Å². The number of benzene rings is 1. The first-order valence-corrected chi connectivity index (χ1v) is 26.0. The fraction of sp³-hybridized carbons (Fsp3) is 0.880. The predicted molar refractivity (Wildman–Crippen MR) is 305 cm³/mol. The second kappa shape index (κ2) is 72.9. The Hall–Kier alpha value is -2.14. The first-order chi connectivity index (χ1) is 36.4. The smallest absolute Gasteiger partial charge is 0.168 e. The average molecular weight is 1110 g/mol. The molecule has 25 N–H and O–H groups in total. The van der Waals surface area contributed by atoms with Crippen molar-refractivity contribution in [2.45, 2.75) is 116 Å². The first kappa shape index (κ1) is 87.7. The van der Waals surface area contributed by atoms with Crippen molar-refractivity contribution in [3.8, 4) is 11.5 Å². The van der Waals surface area contributed by atoms with E-state index in [0.717, 1.165) is 83.2 Å². The summed E-state index contributed by atoms with van der Waals surface area (Å²) >= 11 is 0. The van der Waals surface area contributed by atoms with Crippen molar-refractivity contribution in [1.29, 1.82) is 0 Å². The van der Waals surface area contributed by atoms with Crippen LogP contribution in [0.2, 0.25) is 0 Å². The van der Waals surface area contributed by atoms with Gasteiger partial charge in [-0.2, -0.15) is 0 Å². The van der Waals surface area contributed by atoms with Crippen molar-refractivity contribution in [2.24, 2.45) is 63.1 Å². The number of methoxy groups -OCH3 is 6. The van der Waals surface area contributed by atoms with Gasteiger partial charge in [-0.25, -0.2) is 0 Å². The van der Waals surface area contributed by atoms with E-state index >= 15 is 0 Å². The third-order valence-corrected chi connectivity index (χ3v) is 8.69. The Labute approximate surface area is 459 Å². The standard InChI is InChI=1S/C10H15NO2.C6H13NO2.C5H11NO2.C5H11NO.C4H11NO2.2C4H11NO.4C3H9NO/c1-12-9-4-3-8(5-6-11)7-10(9)13-2;1-6(2)8-4-5(3-7)9-6;6-2-1-5-7-3-4-8-5;6-4-5-2-1-3-7-5;1-6-4(3-5)7-2;1-6-4-2-3-5;1-2-6-4-3-5;1-5-3-2-4;2*1-3(5)2-4;4-2-1-3-5/h3-4,7H,5-6,11H2,1-2H3;5H,3-4,7H2,1-2H3;5H,1-4,6H2;5H,1-4,6H2;4H,3,5H2,1-2H3;2*2-5H2,1H3;2-4H2,1H3;2*3,5H,2,4H2,1H3;5H,1-4H2/t;;;;;;;;2*3-;/m........10./s1. The predicted octanol–water partition coefficient (Wildman–Crippen LogP) is -1.77. The van der Waals surface area contributed by atoms with Crippen LogP contribution in [0.4, 0.5) is 0 Å². The van der Waals surface area contributed by atoms with E-state index in [9.17, 15) is 0 Å². The lowest BCUT2D eigenvalue weighted by Crippen LogP contribution is -2.26. The molecule has 3 saturated heterocycles. The van der Waals surface area contributed by atoms with Crippen molar-refractivity contribution >= 4 is 0 Å². The lowest BCUT2D eigenvalue weighted by atomic mass is 10.1. The molecule has 4 rings (SSSR count). The Morgan fingerprint density at radius 3 is 1.38 bits per heavy atom. The molecule has 0 aromatic heterocycles. The van der Waals surface area contributed by atoms with Crippen LogP contribution in [0.3, 0.4) is 0 Å². The van der Waals surface area contributed by atoms with Gasteiger partial charge in [-0.05, 0) is 111 Å². The summed E-state index contributed by atoms with van der Waals surface area (Å²) in [7, 11) is 9.68. The van der Waals surface area contributed by atoms with Crippen LogP contribution in [-0.4, -0.2) is 232 Å². The molecule has 0 radical (unpaired) electrons. The Kier molecular flexibility index (Phi) is 84.1. The molecule has 0 spiro atoms. The molecule has 0 amide bonds. The number of aliphatic hydroxyl groups excluding tert-OH is 3. The zero-order valence-corrected chi connectivity index (χ0v) is 49.2. The lowest BCUT2D eigenvalue weighted by molar-refractivity contribution is -0.137. The van der Waals surface area contributed by atoms with Crippen molar-refractivity contribution in [3.05, 3.63) is 23.8 Å². The summed E-state index contributed by atoms with van der Waals surface area (Å²) in [5, 5.41) is 24.5. The van der Waals surface area contributed by atoms with E-state index in [1.54, 1.807) is 56.5 Å². The molecule has 2 unspecified atom stereocenters. The Bertz CT molecular complexity index is 1130. The van der Waals surface area contributed by atoms with Gasteiger partial charge in [0.25, 0.3) is 0 Å². The van der Waals surface area contributed by atoms with Crippen LogP contribution in [0.5, 0.6) is 11.5 Å². The van der Waals surface area contributed by atoms with Gasteiger partial charge in [-0.3, -0.25) is 0 Å². The van der Waals surface area contributed by atoms with Crippen LogP contribution >= 0.6 is 0 Å². The minimum Gasteiger partial charge on any atom is -0.493 e. The summed E-state index contributed by atoms with van der Waals surface area (Å²) in [6.07, 6.45) is 5.28. The normalized spacial score (nSPS) is 16.2. The molecule has 26 nitrogen and oxygen atoms in total. The minimum atomic E-state index is -0.413. The zero-order valence-electron chi connectivity index (χ0n) is 49.2. The van der Waals surface area contributed by atoms with Crippen LogP contribution in [0, 0.1) is 0 Å². The molecule has 0 bridgehead atoms. The van der Waals surface area contributed by atoms with Gasteiger partial charge in [0.2, 0.25) is 0 Å². The monoisotopic (exact) mass is 1110 g/mol. The molecule has 0 saturated carbocycles. The van der Waals surface area contributed by atoms with Gasteiger partial charge in [0, 0.05) is 107 Å². The molecule has 464 valence electrons. The van der Waals surface area contributed by atoms with Crippen LogP contribution in [-0.2, 0) is 53.8 Å². The lowest BCUT2D eigenvalue weighted by Gasteiger charge is -2.15. The van der Waals surface area contributed by atoms with Gasteiger partial charge in [-0.15, -0.1) is 0 Å². The molecule has 0 aliphatic carbocycles. The van der Waals surface area contributed by atoms with Crippen molar-refractivity contribution < 1.29 is 72.2 Å². The van der Waals surface area contributed by atoms with E-state index in [2.05, 4.69) is 4.74 Å². The van der Waals surface area contributed by atoms with Crippen LogP contribution in [0.1, 0.15) is 72.3 Å². The second-order valence-electron chi connectivity index (χ2n) is 16.1. The Balaban J connectivity index is -0.000000140. The first-order valence-electron chi connectivity index (χ1n) is 26.0. The molecule has 4 atom stereocenters. The molecular formula is C50H119N11O15. The molecule has 3 fully saturated rings. The van der Waals surface area contributed by atoms with Gasteiger partial charge in [0.05, 0.1) is 71.7 Å². The third-order valence-electron chi connectivity index (χ3n) is 8.69. The Morgan fingerprint density at radius 1 is 0.632 bits per heavy atom. The highest BCUT2D eigenvalue weighted by atomic mass is 16.7. The van der Waals surface area contributed by atoms with Gasteiger partial charge in [0.1, 0.15) is 0 Å². The van der Waals surface area contributed by atoms with Crippen molar-refractivity contribution in [1.82, 2.24) is 0 Å². The molecular weight excluding hydrogens is 995 g/mol. The maximum atomic E-state index is 8.24. The maximum absolute atomic E-state index is 8.24. The highest BCUT2D eigenvalue weighted by molar-refractivity contribution is 5.42. The maximum Gasteiger partial charge on any atom is 0.168 e. The summed E-state index contributed by atoms with van der Waals surface area (Å²) in [5.41, 5.74) is 57.7. The summed E-state index contributed by atoms with van der Waals surface area (Å²) in [6, 6.07) is 5.84. The summed E-state index contributed by atoms with van der Waals surface area (Å²) < 4.78 is 59.8. The van der Waals surface area contributed by atoms with E-state index in [1.165, 1.54) is 12.0 Å². The highest BCUT2D eigenvalue weighted by Gasteiger charge is 2.31. The van der Waals surface area contributed by atoms with E-state index < -0.39 is 5.79 Å². The molecule has 1 aromatic rings. The van der Waals surface area contributed by atoms with Crippen molar-refractivity contribution in [3.63, 3.8) is 0 Å². The largest absolute Gasteiger partial charge is 0.493 e. The topological polar surface area (TPSA) is 458 Å². The third kappa shape index (κ3) is 73.9. The highest BCUT2D eigenvalue weighted by Crippen LogP contribution is 2.27. The molecule has 1 aromatic carbocycles. The minimum absolute atomic E-state index is 0.0139. The quantitative estimate of drug-likeness (QED) is 0.0426. The fourth-order valence-corrected chi connectivity index (χ4v) is 4.58. The van der Waals surface area contributed by atoms with Gasteiger partial charge < -0.3 is 135 Å². The number of aliphatic hydroxyl groups is 3. The number of nitrogens with two attached hydrogens (primary N) is 11. The molecule has 3 aliphatic heterocycles. The molecule has 26 heteroatoms. The number of hydrogen-bond acceptors (Lipinski definition) is 26. The van der Waals surface area contributed by atoms with E-state index in [-0.39, 0.29) is 37.5 Å². The SMILES string of the molecule is CC1(C)OCC(CN)O1.CCOCCN.COC(CN)OC.COCCCN.COCCN.COc1ccc(CCN)cc1OC.C[C@@H](O)CN.C[C@H](O)CN.NCC1CCCO1.NCCC1OCCO1.NCCCO. The number of hydrogen-bond donors (Lipinski definition) is 14. The molecule has 3 heterocycles. The summed E-state index contributed by atoms with van der Waals surface area (Å²) in [5.74, 6) is 1.10. The fourth-order valence-electron chi connectivity index (χ4n) is 4.58. The van der Waals surface area contributed by atoms with Gasteiger partial charge in [0.15, 0.2) is 29.9 Å². The van der Waals surface area contributed by atoms with Gasteiger partial charge >= 0.3 is 0 Å². The number of rotatable bonds is 23. The van der Waals surface area contributed by atoms with E-state index in [1.807, 2.05) is 39.0 Å². The van der Waals surface area contributed by atoms with Crippen LogP contribution < -0.4 is 72.5 Å². The van der Waals surface area contributed by atoms with E-state index in [0.29, 0.717) is 91.4 Å². The summed E-state index contributed by atoms with van der Waals surface area (Å²) in [6.45, 7) is 21.4. The Morgan fingerprint density at radius 2 is 1.16 bits per heavy atom.